The van der Waals surface area contributed by atoms with Crippen LogP contribution in [0.3, 0.4) is 0 Å². The second-order valence-corrected chi connectivity index (χ2v) is 5.95. The molecule has 6 nitrogen and oxygen atoms in total. The number of carbonyl (C=O) groups excluding carboxylic acids is 1. The molecule has 0 fully saturated rings. The molecule has 2 rings (SSSR count). The lowest BCUT2D eigenvalue weighted by Crippen LogP contribution is -2.32. The van der Waals surface area contributed by atoms with Crippen LogP contribution in [0.5, 0.6) is 0 Å². The molecule has 1 amide bonds. The fraction of sp³-hybridized carbons (Fsp3) is 0.188. The summed E-state index contributed by atoms with van der Waals surface area (Å²) in [4.78, 5) is 22.7. The third kappa shape index (κ3) is 4.29. The molecule has 2 N–H and O–H groups in total. The largest absolute Gasteiger partial charge is 0.374 e. The summed E-state index contributed by atoms with van der Waals surface area (Å²) in [6.45, 7) is 3.65. The summed E-state index contributed by atoms with van der Waals surface area (Å²) in [5, 5.41) is 16.6. The predicted octanol–water partition coefficient (Wildman–Crippen LogP) is 4.10. The fourth-order valence-electron chi connectivity index (χ4n) is 2.03. The van der Waals surface area contributed by atoms with E-state index >= 15 is 0 Å². The van der Waals surface area contributed by atoms with Gasteiger partial charge in [-0.1, -0.05) is 28.1 Å². The summed E-state index contributed by atoms with van der Waals surface area (Å²) in [7, 11) is 0. The summed E-state index contributed by atoms with van der Waals surface area (Å²) in [5.41, 5.74) is 1.90. The third-order valence-electron chi connectivity index (χ3n) is 3.29. The van der Waals surface area contributed by atoms with Gasteiger partial charge in [0.15, 0.2) is 0 Å². The van der Waals surface area contributed by atoms with Crippen molar-refractivity contribution in [3.8, 4) is 0 Å². The molecule has 0 spiro atoms. The first kappa shape index (κ1) is 17.0. The number of carbonyl (C=O) groups is 1. The minimum absolute atomic E-state index is 0.132. The second kappa shape index (κ2) is 7.23. The van der Waals surface area contributed by atoms with E-state index < -0.39 is 11.0 Å². The van der Waals surface area contributed by atoms with Gasteiger partial charge < -0.3 is 10.6 Å². The Bertz CT molecular complexity index is 749. The number of anilines is 2. The van der Waals surface area contributed by atoms with E-state index in [0.717, 1.165) is 15.7 Å². The lowest BCUT2D eigenvalue weighted by Gasteiger charge is -2.16. The number of benzene rings is 2. The number of nitro benzene ring substituents is 1. The van der Waals surface area contributed by atoms with Crippen LogP contribution in [-0.2, 0) is 4.79 Å². The van der Waals surface area contributed by atoms with E-state index in [2.05, 4.69) is 26.6 Å². The molecule has 0 unspecified atom stereocenters. The molecule has 0 aromatic heterocycles. The van der Waals surface area contributed by atoms with Gasteiger partial charge in [-0.2, -0.15) is 0 Å². The van der Waals surface area contributed by atoms with Crippen molar-refractivity contribution in [3.63, 3.8) is 0 Å². The Morgan fingerprint density at radius 1 is 1.26 bits per heavy atom. The van der Waals surface area contributed by atoms with Crippen LogP contribution in [0.2, 0.25) is 0 Å². The zero-order chi connectivity index (χ0) is 17.0. The van der Waals surface area contributed by atoms with Gasteiger partial charge in [-0.25, -0.2) is 0 Å². The Morgan fingerprint density at radius 3 is 2.61 bits per heavy atom. The molecule has 2 aromatic carbocycles. The van der Waals surface area contributed by atoms with Crippen LogP contribution < -0.4 is 10.6 Å². The van der Waals surface area contributed by atoms with E-state index in [-0.39, 0.29) is 17.3 Å². The van der Waals surface area contributed by atoms with Gasteiger partial charge in [0.05, 0.1) is 4.92 Å². The summed E-state index contributed by atoms with van der Waals surface area (Å²) in [6.07, 6.45) is 0. The van der Waals surface area contributed by atoms with Gasteiger partial charge >= 0.3 is 0 Å². The van der Waals surface area contributed by atoms with Crippen molar-refractivity contribution in [1.82, 2.24) is 0 Å². The zero-order valence-electron chi connectivity index (χ0n) is 12.7. The molecule has 0 heterocycles. The van der Waals surface area contributed by atoms with E-state index in [4.69, 9.17) is 0 Å². The van der Waals surface area contributed by atoms with Crippen molar-refractivity contribution < 1.29 is 9.72 Å². The zero-order valence-corrected chi connectivity index (χ0v) is 14.3. The second-order valence-electron chi connectivity index (χ2n) is 5.09. The molecule has 0 aliphatic rings. The molecule has 0 aliphatic carbocycles. The van der Waals surface area contributed by atoms with Gasteiger partial charge in [-0.05, 0) is 43.7 Å². The van der Waals surface area contributed by atoms with Crippen LogP contribution in [-0.4, -0.2) is 16.9 Å². The van der Waals surface area contributed by atoms with Crippen molar-refractivity contribution >= 4 is 38.9 Å². The maximum absolute atomic E-state index is 12.2. The van der Waals surface area contributed by atoms with Gasteiger partial charge in [0, 0.05) is 16.2 Å². The van der Waals surface area contributed by atoms with Gasteiger partial charge in [0.2, 0.25) is 5.91 Å². The van der Waals surface area contributed by atoms with E-state index in [1.165, 1.54) is 12.1 Å². The van der Waals surface area contributed by atoms with Gasteiger partial charge in [0.1, 0.15) is 11.7 Å². The molecule has 0 aliphatic heterocycles. The number of hydrogen-bond acceptors (Lipinski definition) is 4. The third-order valence-corrected chi connectivity index (χ3v) is 4.18. The summed E-state index contributed by atoms with van der Waals surface area (Å²) in [5.74, 6) is -0.347. The SMILES string of the molecule is Cc1cc(N[C@H](C)C(=O)Nc2ccccc2[N+](=O)[O-])ccc1Br. The first-order valence-corrected chi connectivity index (χ1v) is 7.74. The Morgan fingerprint density at radius 2 is 1.96 bits per heavy atom. The maximum atomic E-state index is 12.2. The van der Waals surface area contributed by atoms with Gasteiger partial charge in [0.25, 0.3) is 5.69 Å². The monoisotopic (exact) mass is 377 g/mol. The highest BCUT2D eigenvalue weighted by atomic mass is 79.9. The number of rotatable bonds is 5. The number of para-hydroxylation sites is 2. The number of amides is 1. The molecule has 0 bridgehead atoms. The Balaban J connectivity index is 2.08. The molecular weight excluding hydrogens is 362 g/mol. The molecule has 120 valence electrons. The average molecular weight is 378 g/mol. The number of nitrogens with one attached hydrogen (secondary N) is 2. The number of nitro groups is 1. The van der Waals surface area contributed by atoms with Crippen LogP contribution in [0.15, 0.2) is 46.9 Å². The molecule has 23 heavy (non-hydrogen) atoms. The normalized spacial score (nSPS) is 11.6. The van der Waals surface area contributed by atoms with Crippen LogP contribution in [0, 0.1) is 17.0 Å². The minimum Gasteiger partial charge on any atom is -0.374 e. The topological polar surface area (TPSA) is 84.3 Å². The van der Waals surface area contributed by atoms with Gasteiger partial charge in [-0.15, -0.1) is 0 Å². The summed E-state index contributed by atoms with van der Waals surface area (Å²) >= 11 is 3.42. The quantitative estimate of drug-likeness (QED) is 0.606. The minimum atomic E-state index is -0.546. The Hall–Kier alpha value is -2.41. The predicted molar refractivity (Wildman–Crippen MR) is 93.7 cm³/mol. The smallest absolute Gasteiger partial charge is 0.292 e. The summed E-state index contributed by atoms with van der Waals surface area (Å²) in [6, 6.07) is 11.2. The molecular formula is C16H16BrN3O3. The van der Waals surface area contributed by atoms with Gasteiger partial charge in [-0.3, -0.25) is 14.9 Å². The van der Waals surface area contributed by atoms with Crippen LogP contribution >= 0.6 is 15.9 Å². The first-order valence-electron chi connectivity index (χ1n) is 6.95. The first-order chi connectivity index (χ1) is 10.9. The molecule has 7 heteroatoms. The molecule has 0 radical (unpaired) electrons. The number of nitrogens with zero attached hydrogens (tertiary/aromatic N) is 1. The van der Waals surface area contributed by atoms with E-state index in [1.807, 2.05) is 25.1 Å². The lowest BCUT2D eigenvalue weighted by atomic mass is 10.2. The van der Waals surface area contributed by atoms with Crippen molar-refractivity contribution in [2.75, 3.05) is 10.6 Å². The molecule has 1 atom stereocenters. The van der Waals surface area contributed by atoms with Crippen LogP contribution in [0.25, 0.3) is 0 Å². The number of aryl methyl sites for hydroxylation is 1. The summed E-state index contributed by atoms with van der Waals surface area (Å²) < 4.78 is 0.986. The standard InChI is InChI=1S/C16H16BrN3O3/c1-10-9-12(7-8-13(10)17)18-11(2)16(21)19-14-5-3-4-6-15(14)20(22)23/h3-9,11,18H,1-2H3,(H,19,21)/t11-/m1/s1. The highest BCUT2D eigenvalue weighted by molar-refractivity contribution is 9.10. The van der Waals surface area contributed by atoms with E-state index in [0.29, 0.717) is 0 Å². The lowest BCUT2D eigenvalue weighted by molar-refractivity contribution is -0.383. The van der Waals surface area contributed by atoms with Crippen LogP contribution in [0.4, 0.5) is 17.1 Å². The maximum Gasteiger partial charge on any atom is 0.292 e. The highest BCUT2D eigenvalue weighted by Gasteiger charge is 2.18. The van der Waals surface area contributed by atoms with E-state index in [1.54, 1.807) is 19.1 Å². The fourth-order valence-corrected chi connectivity index (χ4v) is 2.28. The number of halogens is 1. The van der Waals surface area contributed by atoms with E-state index in [9.17, 15) is 14.9 Å². The Kier molecular flexibility index (Phi) is 5.33. The van der Waals surface area contributed by atoms with Crippen molar-refractivity contribution in [2.45, 2.75) is 19.9 Å². The van der Waals surface area contributed by atoms with Crippen molar-refractivity contribution in [3.05, 3.63) is 62.6 Å². The molecule has 0 saturated heterocycles. The number of hydrogen-bond donors (Lipinski definition) is 2. The van der Waals surface area contributed by atoms with Crippen molar-refractivity contribution in [1.29, 1.82) is 0 Å². The Labute approximate surface area is 142 Å². The average Bonchev–Trinajstić information content (AvgIpc) is 2.51. The van der Waals surface area contributed by atoms with Crippen LogP contribution in [0.1, 0.15) is 12.5 Å². The molecule has 2 aromatic rings. The van der Waals surface area contributed by atoms with Crippen molar-refractivity contribution in [2.24, 2.45) is 0 Å². The highest BCUT2D eigenvalue weighted by Crippen LogP contribution is 2.24. The molecule has 0 saturated carbocycles.